The van der Waals surface area contributed by atoms with Crippen molar-refractivity contribution < 1.29 is 0 Å². The Bertz CT molecular complexity index is 792. The van der Waals surface area contributed by atoms with Crippen molar-refractivity contribution >= 4 is 33.8 Å². The average molecular weight is 300 g/mol. The maximum absolute atomic E-state index is 4.75. The van der Waals surface area contributed by atoms with Gasteiger partial charge in [0.2, 0.25) is 5.16 Å². The molecule has 2 aromatic heterocycles. The summed E-state index contributed by atoms with van der Waals surface area (Å²) in [5, 5.41) is 11.1. The van der Waals surface area contributed by atoms with E-state index in [1.807, 2.05) is 0 Å². The van der Waals surface area contributed by atoms with Crippen molar-refractivity contribution in [3.63, 3.8) is 0 Å². The minimum absolute atomic E-state index is 0.454. The molecule has 5 heteroatoms. The molecule has 0 bridgehead atoms. The summed E-state index contributed by atoms with van der Waals surface area (Å²) in [7, 11) is 0. The molecule has 0 aliphatic rings. The molecule has 3 aromatic rings. The molecule has 110 valence electrons. The van der Waals surface area contributed by atoms with Crippen LogP contribution in [0.4, 0.5) is 0 Å². The molecule has 0 aliphatic heterocycles. The number of fused-ring (bicyclic) bond motifs is 3. The van der Waals surface area contributed by atoms with E-state index in [2.05, 4.69) is 60.7 Å². The van der Waals surface area contributed by atoms with E-state index >= 15 is 0 Å². The summed E-state index contributed by atoms with van der Waals surface area (Å²) in [5.74, 6) is 0. The lowest BCUT2D eigenvalue weighted by Crippen LogP contribution is -2.01. The first-order valence-electron chi connectivity index (χ1n) is 7.40. The number of hydrogen-bond acceptors (Lipinski definition) is 4. The van der Waals surface area contributed by atoms with Gasteiger partial charge in [0.05, 0.1) is 5.52 Å². The summed E-state index contributed by atoms with van der Waals surface area (Å²) in [5.41, 5.74) is 4.30. The Morgan fingerprint density at radius 3 is 2.76 bits per heavy atom. The second-order valence-electron chi connectivity index (χ2n) is 5.61. The van der Waals surface area contributed by atoms with Gasteiger partial charge in [-0.05, 0) is 25.5 Å². The summed E-state index contributed by atoms with van der Waals surface area (Å²) in [6.07, 6.45) is 1.07. The Balaban J connectivity index is 2.28. The molecule has 0 atom stereocenters. The van der Waals surface area contributed by atoms with Crippen LogP contribution in [-0.2, 0) is 6.54 Å². The fourth-order valence-corrected chi connectivity index (χ4v) is 3.21. The van der Waals surface area contributed by atoms with Crippen molar-refractivity contribution in [1.29, 1.82) is 0 Å². The fraction of sp³-hybridized carbons (Fsp3) is 0.438. The lowest BCUT2D eigenvalue weighted by atomic mass is 10.2. The van der Waals surface area contributed by atoms with E-state index in [9.17, 15) is 0 Å². The predicted molar refractivity (Wildman–Crippen MR) is 88.9 cm³/mol. The molecule has 0 fully saturated rings. The molecule has 0 aliphatic carbocycles. The minimum atomic E-state index is 0.454. The molecule has 0 unspecified atom stereocenters. The van der Waals surface area contributed by atoms with E-state index < -0.39 is 0 Å². The molecule has 1 aromatic carbocycles. The van der Waals surface area contributed by atoms with Crippen LogP contribution in [0.25, 0.3) is 22.1 Å². The summed E-state index contributed by atoms with van der Waals surface area (Å²) >= 11 is 1.66. The molecular formula is C16H20N4S. The molecular weight excluding hydrogens is 280 g/mol. The highest BCUT2D eigenvalue weighted by Gasteiger charge is 2.15. The van der Waals surface area contributed by atoms with Gasteiger partial charge in [-0.2, -0.15) is 0 Å². The Hall–Kier alpha value is -1.62. The second kappa shape index (κ2) is 5.64. The molecule has 2 heterocycles. The van der Waals surface area contributed by atoms with Gasteiger partial charge in [-0.3, -0.25) is 0 Å². The smallest absolute Gasteiger partial charge is 0.211 e. The minimum Gasteiger partial charge on any atom is -0.324 e. The highest BCUT2D eigenvalue weighted by Crippen LogP contribution is 2.29. The van der Waals surface area contributed by atoms with Crippen molar-refractivity contribution in [1.82, 2.24) is 19.7 Å². The highest BCUT2D eigenvalue weighted by molar-refractivity contribution is 7.99. The molecule has 4 nitrogen and oxygen atoms in total. The van der Waals surface area contributed by atoms with E-state index in [1.54, 1.807) is 11.8 Å². The summed E-state index contributed by atoms with van der Waals surface area (Å²) in [6.45, 7) is 9.52. The Labute approximate surface area is 129 Å². The maximum atomic E-state index is 4.75. The predicted octanol–water partition coefficient (Wildman–Crippen LogP) is 4.20. The van der Waals surface area contributed by atoms with Gasteiger partial charge in [-0.1, -0.05) is 44.2 Å². The molecule has 0 N–H and O–H groups in total. The zero-order valence-electron chi connectivity index (χ0n) is 12.9. The van der Waals surface area contributed by atoms with Gasteiger partial charge in [0, 0.05) is 17.2 Å². The number of hydrogen-bond donors (Lipinski definition) is 0. The van der Waals surface area contributed by atoms with Crippen molar-refractivity contribution in [2.24, 2.45) is 0 Å². The number of aromatic nitrogens is 4. The molecule has 0 spiro atoms. The lowest BCUT2D eigenvalue weighted by molar-refractivity contribution is 0.709. The van der Waals surface area contributed by atoms with Crippen LogP contribution in [0.3, 0.4) is 0 Å². The summed E-state index contributed by atoms with van der Waals surface area (Å²) in [6, 6.07) is 6.49. The van der Waals surface area contributed by atoms with Gasteiger partial charge in [0.1, 0.15) is 5.52 Å². The second-order valence-corrected chi connectivity index (χ2v) is 7.15. The summed E-state index contributed by atoms with van der Waals surface area (Å²) < 4.78 is 2.27. The number of aryl methyl sites for hydroxylation is 2. The quantitative estimate of drug-likeness (QED) is 0.677. The van der Waals surface area contributed by atoms with Crippen molar-refractivity contribution in [2.75, 3.05) is 0 Å². The van der Waals surface area contributed by atoms with Crippen LogP contribution in [-0.4, -0.2) is 25.0 Å². The van der Waals surface area contributed by atoms with Crippen molar-refractivity contribution in [2.45, 2.75) is 51.1 Å². The van der Waals surface area contributed by atoms with E-state index in [1.165, 1.54) is 11.1 Å². The summed E-state index contributed by atoms with van der Waals surface area (Å²) in [4.78, 5) is 4.75. The van der Waals surface area contributed by atoms with E-state index in [4.69, 9.17) is 4.98 Å². The van der Waals surface area contributed by atoms with Crippen molar-refractivity contribution in [3.05, 3.63) is 23.8 Å². The van der Waals surface area contributed by atoms with Gasteiger partial charge in [0.15, 0.2) is 5.65 Å². The Morgan fingerprint density at radius 2 is 2.05 bits per heavy atom. The first kappa shape index (κ1) is 14.3. The van der Waals surface area contributed by atoms with Crippen LogP contribution in [0.1, 0.15) is 32.8 Å². The van der Waals surface area contributed by atoms with E-state index in [0.717, 1.165) is 34.7 Å². The number of thioether (sulfide) groups is 1. The van der Waals surface area contributed by atoms with E-state index in [0.29, 0.717) is 5.25 Å². The highest BCUT2D eigenvalue weighted by atomic mass is 32.2. The third-order valence-electron chi connectivity index (χ3n) is 3.39. The van der Waals surface area contributed by atoms with Crippen LogP contribution in [0.5, 0.6) is 0 Å². The lowest BCUT2D eigenvalue weighted by Gasteiger charge is -2.05. The molecule has 0 saturated heterocycles. The zero-order chi connectivity index (χ0) is 15.0. The van der Waals surface area contributed by atoms with Crippen molar-refractivity contribution in [3.8, 4) is 0 Å². The molecule has 0 radical (unpaired) electrons. The van der Waals surface area contributed by atoms with Gasteiger partial charge in [0.25, 0.3) is 0 Å². The maximum Gasteiger partial charge on any atom is 0.211 e. The Morgan fingerprint density at radius 1 is 1.24 bits per heavy atom. The first-order chi connectivity index (χ1) is 10.1. The monoisotopic (exact) mass is 300 g/mol. The largest absolute Gasteiger partial charge is 0.324 e. The SMILES string of the molecule is CCCn1c2ccc(C)cc2c2nnc(SC(C)C)nc21. The molecule has 0 amide bonds. The Kier molecular flexibility index (Phi) is 3.85. The number of rotatable bonds is 4. The third kappa shape index (κ3) is 2.62. The van der Waals surface area contributed by atoms with Gasteiger partial charge < -0.3 is 4.57 Å². The molecule has 0 saturated carbocycles. The third-order valence-corrected chi connectivity index (χ3v) is 4.25. The molecule has 21 heavy (non-hydrogen) atoms. The van der Waals surface area contributed by atoms with Crippen LogP contribution >= 0.6 is 11.8 Å². The topological polar surface area (TPSA) is 43.6 Å². The molecule has 3 rings (SSSR count). The normalized spacial score (nSPS) is 11.9. The fourth-order valence-electron chi connectivity index (χ4n) is 2.57. The standard InChI is InChI=1S/C16H20N4S/c1-5-8-20-13-7-6-11(4)9-12(13)14-15(20)17-16(19-18-14)21-10(2)3/h6-7,9-10H,5,8H2,1-4H3. The number of benzene rings is 1. The van der Waals surface area contributed by atoms with Crippen LogP contribution in [0.15, 0.2) is 23.4 Å². The zero-order valence-corrected chi connectivity index (χ0v) is 13.7. The van der Waals surface area contributed by atoms with Crippen LogP contribution in [0, 0.1) is 6.92 Å². The van der Waals surface area contributed by atoms with Crippen LogP contribution in [0.2, 0.25) is 0 Å². The van der Waals surface area contributed by atoms with E-state index in [-0.39, 0.29) is 0 Å². The first-order valence-corrected chi connectivity index (χ1v) is 8.28. The van der Waals surface area contributed by atoms with Gasteiger partial charge in [-0.15, -0.1) is 10.2 Å². The van der Waals surface area contributed by atoms with Gasteiger partial charge in [-0.25, -0.2) is 4.98 Å². The van der Waals surface area contributed by atoms with Crippen LogP contribution < -0.4 is 0 Å². The average Bonchev–Trinajstić information content (AvgIpc) is 2.72. The number of nitrogens with zero attached hydrogens (tertiary/aromatic N) is 4. The van der Waals surface area contributed by atoms with Gasteiger partial charge >= 0.3 is 0 Å².